The molecule has 0 spiro atoms. The Balaban J connectivity index is 2.09. The normalized spacial score (nSPS) is 10.2. The number of nitrogens with two attached hydrogens (primary N) is 1. The number of carbonyl (C=O) groups is 1. The van der Waals surface area contributed by atoms with Crippen LogP contribution in [0.3, 0.4) is 0 Å². The van der Waals surface area contributed by atoms with E-state index in [4.69, 9.17) is 5.73 Å². The molecular formula is C12H13N3OS. The molecule has 1 amide bonds. The number of anilines is 1. The predicted octanol–water partition coefficient (Wildman–Crippen LogP) is 2.00. The molecule has 0 aliphatic heterocycles. The smallest absolute Gasteiger partial charge is 0.254 e. The van der Waals surface area contributed by atoms with Gasteiger partial charge in [-0.3, -0.25) is 4.79 Å². The predicted molar refractivity (Wildman–Crippen MR) is 68.8 cm³/mol. The zero-order chi connectivity index (χ0) is 12.3. The first-order valence-electron chi connectivity index (χ1n) is 5.15. The van der Waals surface area contributed by atoms with E-state index in [2.05, 4.69) is 4.98 Å². The van der Waals surface area contributed by atoms with Crippen LogP contribution in [0, 0.1) is 0 Å². The number of amides is 1. The summed E-state index contributed by atoms with van der Waals surface area (Å²) in [5.41, 5.74) is 9.50. The van der Waals surface area contributed by atoms with E-state index in [9.17, 15) is 4.79 Å². The minimum Gasteiger partial charge on any atom is -0.399 e. The standard InChI is InChI=1S/C12H13N3OS/c1-15(6-11-7-17-8-14-11)12(16)9-3-2-4-10(13)5-9/h2-5,7-8H,6,13H2,1H3. The van der Waals surface area contributed by atoms with E-state index in [0.29, 0.717) is 17.8 Å². The van der Waals surface area contributed by atoms with Crippen molar-refractivity contribution in [2.75, 3.05) is 12.8 Å². The van der Waals surface area contributed by atoms with E-state index < -0.39 is 0 Å². The zero-order valence-corrected chi connectivity index (χ0v) is 10.3. The Morgan fingerprint density at radius 2 is 2.35 bits per heavy atom. The first kappa shape index (κ1) is 11.6. The number of nitrogen functional groups attached to an aromatic ring is 1. The maximum Gasteiger partial charge on any atom is 0.254 e. The maximum absolute atomic E-state index is 12.1. The van der Waals surface area contributed by atoms with E-state index >= 15 is 0 Å². The first-order valence-corrected chi connectivity index (χ1v) is 6.09. The van der Waals surface area contributed by atoms with Crippen LogP contribution in [0.4, 0.5) is 5.69 Å². The second-order valence-corrected chi connectivity index (χ2v) is 4.49. The van der Waals surface area contributed by atoms with E-state index in [1.54, 1.807) is 41.7 Å². The molecule has 1 aromatic heterocycles. The summed E-state index contributed by atoms with van der Waals surface area (Å²) in [7, 11) is 1.75. The molecule has 0 bridgehead atoms. The van der Waals surface area contributed by atoms with Crippen molar-refractivity contribution in [2.24, 2.45) is 0 Å². The Kier molecular flexibility index (Phi) is 3.39. The highest BCUT2D eigenvalue weighted by molar-refractivity contribution is 7.07. The average Bonchev–Trinajstić information content (AvgIpc) is 2.80. The van der Waals surface area contributed by atoms with Gasteiger partial charge in [-0.2, -0.15) is 0 Å². The lowest BCUT2D eigenvalue weighted by molar-refractivity contribution is 0.0783. The molecule has 0 saturated heterocycles. The van der Waals surface area contributed by atoms with Crippen LogP contribution in [0.25, 0.3) is 0 Å². The molecule has 0 aliphatic carbocycles. The molecule has 0 atom stereocenters. The quantitative estimate of drug-likeness (QED) is 0.844. The van der Waals surface area contributed by atoms with Crippen LogP contribution >= 0.6 is 11.3 Å². The minimum atomic E-state index is -0.0506. The monoisotopic (exact) mass is 247 g/mol. The molecule has 1 heterocycles. The fraction of sp³-hybridized carbons (Fsp3) is 0.167. The van der Waals surface area contributed by atoms with Gasteiger partial charge >= 0.3 is 0 Å². The third-order valence-corrected chi connectivity index (χ3v) is 3.00. The summed E-state index contributed by atoms with van der Waals surface area (Å²) in [5.74, 6) is -0.0506. The van der Waals surface area contributed by atoms with Gasteiger partial charge in [0.05, 0.1) is 17.7 Å². The summed E-state index contributed by atoms with van der Waals surface area (Å²) in [6.07, 6.45) is 0. The van der Waals surface area contributed by atoms with Gasteiger partial charge in [0.15, 0.2) is 0 Å². The van der Waals surface area contributed by atoms with Crippen molar-refractivity contribution in [3.63, 3.8) is 0 Å². The lowest BCUT2D eigenvalue weighted by atomic mass is 10.2. The second-order valence-electron chi connectivity index (χ2n) is 3.77. The van der Waals surface area contributed by atoms with Gasteiger partial charge in [-0.1, -0.05) is 6.07 Å². The van der Waals surface area contributed by atoms with Gasteiger partial charge in [0.25, 0.3) is 5.91 Å². The van der Waals surface area contributed by atoms with Gasteiger partial charge in [-0.05, 0) is 18.2 Å². The molecule has 0 unspecified atom stereocenters. The van der Waals surface area contributed by atoms with Crippen LogP contribution in [0.1, 0.15) is 16.1 Å². The van der Waals surface area contributed by atoms with E-state index in [1.165, 1.54) is 11.3 Å². The highest BCUT2D eigenvalue weighted by Crippen LogP contribution is 2.11. The average molecular weight is 247 g/mol. The van der Waals surface area contributed by atoms with Gasteiger partial charge < -0.3 is 10.6 Å². The Hall–Kier alpha value is -1.88. The molecule has 1 aromatic carbocycles. The number of carbonyl (C=O) groups excluding carboxylic acids is 1. The number of thiazole rings is 1. The highest BCUT2D eigenvalue weighted by Gasteiger charge is 2.12. The van der Waals surface area contributed by atoms with Crippen molar-refractivity contribution in [2.45, 2.75) is 6.54 Å². The summed E-state index contributed by atoms with van der Waals surface area (Å²) in [6, 6.07) is 6.98. The van der Waals surface area contributed by atoms with Gasteiger partial charge in [-0.25, -0.2) is 4.98 Å². The van der Waals surface area contributed by atoms with E-state index in [1.807, 2.05) is 5.38 Å². The molecule has 2 aromatic rings. The number of hydrogen-bond acceptors (Lipinski definition) is 4. The third kappa shape index (κ3) is 2.82. The van der Waals surface area contributed by atoms with Crippen molar-refractivity contribution >= 4 is 22.9 Å². The van der Waals surface area contributed by atoms with Gasteiger partial charge in [-0.15, -0.1) is 11.3 Å². The summed E-state index contributed by atoms with van der Waals surface area (Å²) in [5, 5.41) is 1.93. The molecule has 2 N–H and O–H groups in total. The van der Waals surface area contributed by atoms with Crippen molar-refractivity contribution in [3.05, 3.63) is 46.4 Å². The van der Waals surface area contributed by atoms with Gasteiger partial charge in [0.2, 0.25) is 0 Å². The Bertz CT molecular complexity index is 510. The molecule has 17 heavy (non-hydrogen) atoms. The fourth-order valence-electron chi connectivity index (χ4n) is 1.52. The number of rotatable bonds is 3. The number of hydrogen-bond donors (Lipinski definition) is 1. The number of aromatic nitrogens is 1. The van der Waals surface area contributed by atoms with Crippen molar-refractivity contribution < 1.29 is 4.79 Å². The number of benzene rings is 1. The zero-order valence-electron chi connectivity index (χ0n) is 9.46. The van der Waals surface area contributed by atoms with Crippen LogP contribution in [0.5, 0.6) is 0 Å². The van der Waals surface area contributed by atoms with E-state index in [0.717, 1.165) is 5.69 Å². The third-order valence-electron chi connectivity index (χ3n) is 2.36. The molecule has 0 fully saturated rings. The van der Waals surface area contributed by atoms with Crippen molar-refractivity contribution in [1.29, 1.82) is 0 Å². The minimum absolute atomic E-state index is 0.0506. The fourth-order valence-corrected chi connectivity index (χ4v) is 2.07. The SMILES string of the molecule is CN(Cc1cscn1)C(=O)c1cccc(N)c1. The molecule has 0 radical (unpaired) electrons. The first-order chi connectivity index (χ1) is 8.16. The van der Waals surface area contributed by atoms with Crippen LogP contribution < -0.4 is 5.73 Å². The molecule has 5 heteroatoms. The van der Waals surface area contributed by atoms with Crippen molar-refractivity contribution in [3.8, 4) is 0 Å². The maximum atomic E-state index is 12.1. The molecule has 88 valence electrons. The summed E-state index contributed by atoms with van der Waals surface area (Å²) >= 11 is 1.52. The second kappa shape index (κ2) is 4.97. The molecule has 0 aliphatic rings. The Morgan fingerprint density at radius 3 is 3.00 bits per heavy atom. The summed E-state index contributed by atoms with van der Waals surface area (Å²) in [4.78, 5) is 17.8. The number of nitrogens with zero attached hydrogens (tertiary/aromatic N) is 2. The van der Waals surface area contributed by atoms with Crippen LogP contribution in [-0.4, -0.2) is 22.8 Å². The summed E-state index contributed by atoms with van der Waals surface area (Å²) in [6.45, 7) is 0.511. The van der Waals surface area contributed by atoms with Crippen LogP contribution in [0.2, 0.25) is 0 Å². The van der Waals surface area contributed by atoms with Crippen LogP contribution in [0.15, 0.2) is 35.2 Å². The van der Waals surface area contributed by atoms with Crippen molar-refractivity contribution in [1.82, 2.24) is 9.88 Å². The summed E-state index contributed by atoms with van der Waals surface area (Å²) < 4.78 is 0. The lowest BCUT2D eigenvalue weighted by Gasteiger charge is -2.16. The van der Waals surface area contributed by atoms with Gasteiger partial charge in [0.1, 0.15) is 0 Å². The highest BCUT2D eigenvalue weighted by atomic mass is 32.1. The largest absolute Gasteiger partial charge is 0.399 e. The van der Waals surface area contributed by atoms with E-state index in [-0.39, 0.29) is 5.91 Å². The topological polar surface area (TPSA) is 59.2 Å². The Morgan fingerprint density at radius 1 is 1.53 bits per heavy atom. The molecular weight excluding hydrogens is 234 g/mol. The molecule has 2 rings (SSSR count). The van der Waals surface area contributed by atoms with Crippen LogP contribution in [-0.2, 0) is 6.54 Å². The molecule has 0 saturated carbocycles. The molecule has 4 nitrogen and oxygen atoms in total. The Labute approximate surface area is 104 Å². The van der Waals surface area contributed by atoms with Gasteiger partial charge in [0, 0.05) is 23.7 Å². The lowest BCUT2D eigenvalue weighted by Crippen LogP contribution is -2.26.